The summed E-state index contributed by atoms with van der Waals surface area (Å²) in [6.07, 6.45) is 1.43. The highest BCUT2D eigenvalue weighted by Gasteiger charge is 2.16. The highest BCUT2D eigenvalue weighted by atomic mass is 32.2. The van der Waals surface area contributed by atoms with E-state index in [-0.39, 0.29) is 22.0 Å². The Morgan fingerprint density at radius 3 is 2.36 bits per heavy atom. The quantitative estimate of drug-likeness (QED) is 0.611. The molecule has 7 nitrogen and oxygen atoms in total. The van der Waals surface area contributed by atoms with Gasteiger partial charge in [-0.3, -0.25) is 9.52 Å². The zero-order valence-electron chi connectivity index (χ0n) is 15.3. The van der Waals surface area contributed by atoms with E-state index in [1.54, 1.807) is 12.1 Å². The Morgan fingerprint density at radius 2 is 1.71 bits per heavy atom. The molecule has 8 heteroatoms. The molecule has 0 spiro atoms. The normalized spacial score (nSPS) is 11.1. The maximum absolute atomic E-state index is 12.6. The molecular weight excluding hydrogens is 378 g/mol. The molecule has 1 aromatic heterocycles. The summed E-state index contributed by atoms with van der Waals surface area (Å²) in [7, 11) is -3.79. The van der Waals surface area contributed by atoms with E-state index in [2.05, 4.69) is 15.0 Å². The van der Waals surface area contributed by atoms with Gasteiger partial charge >= 0.3 is 0 Å². The van der Waals surface area contributed by atoms with Gasteiger partial charge in [0.05, 0.1) is 4.90 Å². The van der Waals surface area contributed by atoms with Gasteiger partial charge in [0.2, 0.25) is 0 Å². The fraction of sp³-hybridized carbons (Fsp3) is 0.100. The lowest BCUT2D eigenvalue weighted by atomic mass is 10.1. The highest BCUT2D eigenvalue weighted by molar-refractivity contribution is 7.92. The first kappa shape index (κ1) is 19.4. The Bertz CT molecular complexity index is 1130. The SMILES string of the molecule is Cc1ccc(NS(=O)(=O)c2ccc(C(=O)Nc3ncccc3O)cc2)cc1C. The lowest BCUT2D eigenvalue weighted by Gasteiger charge is -2.10. The highest BCUT2D eigenvalue weighted by Crippen LogP contribution is 2.21. The lowest BCUT2D eigenvalue weighted by Crippen LogP contribution is -2.15. The Morgan fingerprint density at radius 1 is 1.00 bits per heavy atom. The van der Waals surface area contributed by atoms with Gasteiger partial charge in [0.15, 0.2) is 11.6 Å². The number of pyridine rings is 1. The number of anilines is 2. The number of rotatable bonds is 5. The van der Waals surface area contributed by atoms with E-state index < -0.39 is 15.9 Å². The number of hydrogen-bond acceptors (Lipinski definition) is 5. The number of carbonyl (C=O) groups is 1. The number of hydrogen-bond donors (Lipinski definition) is 3. The van der Waals surface area contributed by atoms with E-state index in [9.17, 15) is 18.3 Å². The molecule has 0 saturated heterocycles. The third-order valence-corrected chi connectivity index (χ3v) is 5.60. The van der Waals surface area contributed by atoms with Crippen molar-refractivity contribution in [1.29, 1.82) is 0 Å². The van der Waals surface area contributed by atoms with Gasteiger partial charge in [0, 0.05) is 17.4 Å². The Labute approximate surface area is 163 Å². The number of benzene rings is 2. The molecule has 0 aliphatic carbocycles. The minimum absolute atomic E-state index is 0.0283. The second-order valence-corrected chi connectivity index (χ2v) is 7.94. The van der Waals surface area contributed by atoms with Gasteiger partial charge < -0.3 is 10.4 Å². The zero-order valence-corrected chi connectivity index (χ0v) is 16.1. The van der Waals surface area contributed by atoms with Gasteiger partial charge in [-0.25, -0.2) is 13.4 Å². The van der Waals surface area contributed by atoms with Crippen molar-refractivity contribution in [1.82, 2.24) is 4.98 Å². The molecular formula is C20H19N3O4S. The van der Waals surface area contributed by atoms with Crippen molar-refractivity contribution in [3.63, 3.8) is 0 Å². The predicted molar refractivity (Wildman–Crippen MR) is 107 cm³/mol. The van der Waals surface area contributed by atoms with Gasteiger partial charge in [0.1, 0.15) is 0 Å². The first-order valence-corrected chi connectivity index (χ1v) is 9.90. The van der Waals surface area contributed by atoms with E-state index in [1.165, 1.54) is 42.6 Å². The van der Waals surface area contributed by atoms with Crippen LogP contribution < -0.4 is 10.0 Å². The first-order chi connectivity index (χ1) is 13.3. The van der Waals surface area contributed by atoms with Crippen molar-refractivity contribution in [2.75, 3.05) is 10.0 Å². The Balaban J connectivity index is 1.76. The molecule has 1 amide bonds. The zero-order chi connectivity index (χ0) is 20.3. The smallest absolute Gasteiger partial charge is 0.261 e. The molecule has 3 N–H and O–H groups in total. The van der Waals surface area contributed by atoms with Crippen molar-refractivity contribution in [3.05, 3.63) is 77.5 Å². The lowest BCUT2D eigenvalue weighted by molar-refractivity contribution is 0.102. The summed E-state index contributed by atoms with van der Waals surface area (Å²) in [5.41, 5.74) is 2.74. The summed E-state index contributed by atoms with van der Waals surface area (Å²) in [6.45, 7) is 3.85. The monoisotopic (exact) mass is 397 g/mol. The van der Waals surface area contributed by atoms with Gasteiger partial charge in [-0.2, -0.15) is 0 Å². The van der Waals surface area contributed by atoms with Gasteiger partial charge in [-0.05, 0) is 73.5 Å². The number of aryl methyl sites for hydroxylation is 2. The van der Waals surface area contributed by atoms with Crippen LogP contribution >= 0.6 is 0 Å². The second kappa shape index (κ2) is 7.69. The summed E-state index contributed by atoms with van der Waals surface area (Å²) >= 11 is 0. The van der Waals surface area contributed by atoms with Crippen LogP contribution in [-0.4, -0.2) is 24.4 Å². The van der Waals surface area contributed by atoms with Crippen molar-refractivity contribution in [2.24, 2.45) is 0 Å². The number of nitrogens with zero attached hydrogens (tertiary/aromatic N) is 1. The molecule has 2 aromatic carbocycles. The number of aromatic hydroxyl groups is 1. The number of carbonyl (C=O) groups excluding carboxylic acids is 1. The van der Waals surface area contributed by atoms with Crippen LogP contribution in [0.25, 0.3) is 0 Å². The molecule has 0 aliphatic heterocycles. The number of aromatic nitrogens is 1. The van der Waals surface area contributed by atoms with Gasteiger partial charge in [0.25, 0.3) is 15.9 Å². The van der Waals surface area contributed by atoms with Crippen LogP contribution in [0.3, 0.4) is 0 Å². The Kier molecular flexibility index (Phi) is 5.32. The summed E-state index contributed by atoms with van der Waals surface area (Å²) in [6, 6.07) is 13.7. The van der Waals surface area contributed by atoms with Crippen LogP contribution in [0.1, 0.15) is 21.5 Å². The van der Waals surface area contributed by atoms with E-state index in [0.29, 0.717) is 5.69 Å². The van der Waals surface area contributed by atoms with Crippen molar-refractivity contribution in [2.45, 2.75) is 18.7 Å². The summed E-state index contributed by atoms with van der Waals surface area (Å²) in [5.74, 6) is -0.645. The largest absolute Gasteiger partial charge is 0.504 e. The molecule has 3 aromatic rings. The molecule has 3 rings (SSSR count). The number of amides is 1. The van der Waals surface area contributed by atoms with E-state index in [1.807, 2.05) is 19.9 Å². The maximum Gasteiger partial charge on any atom is 0.261 e. The van der Waals surface area contributed by atoms with Crippen LogP contribution in [0.15, 0.2) is 65.7 Å². The van der Waals surface area contributed by atoms with Crippen molar-refractivity contribution < 1.29 is 18.3 Å². The summed E-state index contributed by atoms with van der Waals surface area (Å²) < 4.78 is 27.6. The molecule has 0 fully saturated rings. The van der Waals surface area contributed by atoms with Crippen molar-refractivity contribution >= 4 is 27.4 Å². The predicted octanol–water partition coefficient (Wildman–Crippen LogP) is 3.46. The van der Waals surface area contributed by atoms with E-state index >= 15 is 0 Å². The fourth-order valence-electron chi connectivity index (χ4n) is 2.48. The minimum Gasteiger partial charge on any atom is -0.504 e. The number of nitrogens with one attached hydrogen (secondary N) is 2. The number of sulfonamides is 1. The fourth-order valence-corrected chi connectivity index (χ4v) is 3.53. The minimum atomic E-state index is -3.79. The van der Waals surface area contributed by atoms with E-state index in [4.69, 9.17) is 0 Å². The molecule has 0 bridgehead atoms. The molecule has 0 atom stereocenters. The average molecular weight is 397 g/mol. The molecule has 0 unspecified atom stereocenters. The first-order valence-electron chi connectivity index (χ1n) is 8.42. The molecule has 0 saturated carbocycles. The standard InChI is InChI=1S/C20H19N3O4S/c1-13-5-8-16(12-14(13)2)23-28(26,27)17-9-6-15(7-10-17)20(25)22-19-18(24)4-3-11-21-19/h3-12,23-24H,1-2H3,(H,21,22,25). The third kappa shape index (κ3) is 4.29. The summed E-state index contributed by atoms with van der Waals surface area (Å²) in [4.78, 5) is 16.2. The molecule has 0 radical (unpaired) electrons. The average Bonchev–Trinajstić information content (AvgIpc) is 2.66. The van der Waals surface area contributed by atoms with Gasteiger partial charge in [-0.15, -0.1) is 0 Å². The van der Waals surface area contributed by atoms with Crippen LogP contribution in [0.4, 0.5) is 11.5 Å². The molecule has 28 heavy (non-hydrogen) atoms. The van der Waals surface area contributed by atoms with Crippen molar-refractivity contribution in [3.8, 4) is 5.75 Å². The van der Waals surface area contributed by atoms with Crippen LogP contribution in [0.2, 0.25) is 0 Å². The van der Waals surface area contributed by atoms with Gasteiger partial charge in [-0.1, -0.05) is 6.07 Å². The van der Waals surface area contributed by atoms with E-state index in [0.717, 1.165) is 11.1 Å². The molecule has 0 aliphatic rings. The molecule has 1 heterocycles. The second-order valence-electron chi connectivity index (χ2n) is 6.25. The van der Waals surface area contributed by atoms with Crippen LogP contribution in [-0.2, 0) is 10.0 Å². The van der Waals surface area contributed by atoms with Crippen LogP contribution in [0.5, 0.6) is 5.75 Å². The van der Waals surface area contributed by atoms with Crippen LogP contribution in [0, 0.1) is 13.8 Å². The molecule has 144 valence electrons. The topological polar surface area (TPSA) is 108 Å². The Hall–Kier alpha value is -3.39. The third-order valence-electron chi connectivity index (χ3n) is 4.20. The maximum atomic E-state index is 12.6. The summed E-state index contributed by atoms with van der Waals surface area (Å²) in [5, 5.41) is 12.1.